The molecule has 0 aromatic heterocycles. The van der Waals surface area contributed by atoms with E-state index in [0.29, 0.717) is 19.6 Å². The zero-order valence-electron chi connectivity index (χ0n) is 8.40. The minimum atomic E-state index is -0.606. The monoisotopic (exact) mass is 211 g/mol. The predicted octanol–water partition coefficient (Wildman–Crippen LogP) is 1.52. The number of rotatable bonds is 2. The highest BCUT2D eigenvalue weighted by molar-refractivity contribution is 5.79. The van der Waals surface area contributed by atoms with Crippen molar-refractivity contribution in [1.29, 1.82) is 0 Å². The maximum atomic E-state index is 10.8. The summed E-state index contributed by atoms with van der Waals surface area (Å²) in [6, 6.07) is 0. The molecular weight excluding hydrogens is 198 g/mol. The molecule has 0 radical (unpaired) electrons. The Morgan fingerprint density at radius 2 is 2.20 bits per heavy atom. The molecule has 1 spiro atoms. The molecule has 2 aliphatic rings. The number of nitrogens with zero attached hydrogens (tertiary/aromatic N) is 1. The minimum absolute atomic E-state index is 0.138. The van der Waals surface area contributed by atoms with Gasteiger partial charge in [0.05, 0.1) is 19.6 Å². The van der Waals surface area contributed by atoms with Crippen molar-refractivity contribution in [2.45, 2.75) is 31.5 Å². The fraction of sp³-hybridized carbons (Fsp3) is 0.700. The van der Waals surface area contributed by atoms with Gasteiger partial charge in [-0.3, -0.25) is 4.79 Å². The van der Waals surface area contributed by atoms with Crippen LogP contribution in [0.5, 0.6) is 0 Å². The van der Waals surface area contributed by atoms with Crippen molar-refractivity contribution in [1.82, 2.24) is 0 Å². The molecule has 0 aromatic carbocycles. The maximum Gasteiger partial charge on any atom is 0.290 e. The molecule has 1 aliphatic heterocycles. The van der Waals surface area contributed by atoms with Gasteiger partial charge in [-0.25, -0.2) is 0 Å². The van der Waals surface area contributed by atoms with Crippen LogP contribution in [0.3, 0.4) is 0 Å². The molecule has 0 bridgehead atoms. The molecule has 1 heterocycles. The van der Waals surface area contributed by atoms with E-state index in [1.165, 1.54) is 0 Å². The summed E-state index contributed by atoms with van der Waals surface area (Å²) in [4.78, 5) is 20.8. The van der Waals surface area contributed by atoms with Crippen molar-refractivity contribution >= 4 is 5.91 Å². The lowest BCUT2D eigenvalue weighted by atomic mass is 9.92. The first-order valence-corrected chi connectivity index (χ1v) is 5.06. The lowest BCUT2D eigenvalue weighted by Gasteiger charge is -2.30. The quantitative estimate of drug-likeness (QED) is 0.513. The number of ether oxygens (including phenoxy) is 2. The van der Waals surface area contributed by atoms with Crippen LogP contribution in [0.15, 0.2) is 16.8 Å². The Hall–Kier alpha value is -1.07. The molecular formula is C10H13NO4. The maximum absolute atomic E-state index is 10.8. The second-order valence-corrected chi connectivity index (χ2v) is 3.84. The molecule has 0 saturated carbocycles. The first-order chi connectivity index (χ1) is 7.24. The SMILES string of the molecule is O=NC(=O)CC1=CCC2(CC1)OCCO2. The fourth-order valence-corrected chi connectivity index (χ4v) is 2.00. The average molecular weight is 211 g/mol. The van der Waals surface area contributed by atoms with Gasteiger partial charge in [0, 0.05) is 18.0 Å². The van der Waals surface area contributed by atoms with Gasteiger partial charge in [0.25, 0.3) is 5.91 Å². The van der Waals surface area contributed by atoms with Crippen molar-refractivity contribution in [2.75, 3.05) is 13.2 Å². The lowest BCUT2D eigenvalue weighted by molar-refractivity contribution is -0.161. The van der Waals surface area contributed by atoms with Gasteiger partial charge in [-0.15, -0.1) is 4.91 Å². The molecule has 5 heteroatoms. The number of hydrogen-bond acceptors (Lipinski definition) is 4. The van der Waals surface area contributed by atoms with E-state index in [1.807, 2.05) is 6.08 Å². The van der Waals surface area contributed by atoms with Crippen LogP contribution in [0, 0.1) is 4.91 Å². The van der Waals surface area contributed by atoms with Gasteiger partial charge in [0.15, 0.2) is 5.79 Å². The number of carbonyl (C=O) groups is 1. The smallest absolute Gasteiger partial charge is 0.290 e. The van der Waals surface area contributed by atoms with Gasteiger partial charge in [-0.05, 0) is 6.42 Å². The molecule has 1 fully saturated rings. The molecule has 1 aliphatic carbocycles. The van der Waals surface area contributed by atoms with Crippen molar-refractivity contribution < 1.29 is 14.3 Å². The summed E-state index contributed by atoms with van der Waals surface area (Å²) in [6.45, 7) is 1.27. The Kier molecular flexibility index (Phi) is 2.93. The minimum Gasteiger partial charge on any atom is -0.347 e. The van der Waals surface area contributed by atoms with Crippen LogP contribution in [0.4, 0.5) is 0 Å². The van der Waals surface area contributed by atoms with Gasteiger partial charge < -0.3 is 9.47 Å². The zero-order valence-corrected chi connectivity index (χ0v) is 8.40. The Balaban J connectivity index is 1.93. The molecule has 0 atom stereocenters. The summed E-state index contributed by atoms with van der Waals surface area (Å²) >= 11 is 0. The van der Waals surface area contributed by atoms with Gasteiger partial charge in [0.2, 0.25) is 0 Å². The standard InChI is InChI=1S/C10H13NO4/c12-9(11-13)7-8-1-3-10(4-2-8)14-5-6-15-10/h1H,2-7H2. The highest BCUT2D eigenvalue weighted by Gasteiger charge is 2.37. The largest absolute Gasteiger partial charge is 0.347 e. The van der Waals surface area contributed by atoms with Crippen molar-refractivity contribution in [2.24, 2.45) is 5.18 Å². The second kappa shape index (κ2) is 4.20. The van der Waals surface area contributed by atoms with E-state index in [0.717, 1.165) is 18.4 Å². The van der Waals surface area contributed by atoms with Gasteiger partial charge >= 0.3 is 0 Å². The van der Waals surface area contributed by atoms with E-state index < -0.39 is 11.7 Å². The van der Waals surface area contributed by atoms with Crippen LogP contribution in [-0.2, 0) is 14.3 Å². The second-order valence-electron chi connectivity index (χ2n) is 3.84. The predicted molar refractivity (Wildman–Crippen MR) is 52.0 cm³/mol. The number of carbonyl (C=O) groups excluding carboxylic acids is 1. The van der Waals surface area contributed by atoms with E-state index in [4.69, 9.17) is 9.47 Å². The van der Waals surface area contributed by atoms with Crippen molar-refractivity contribution in [3.63, 3.8) is 0 Å². The molecule has 5 nitrogen and oxygen atoms in total. The summed E-state index contributed by atoms with van der Waals surface area (Å²) in [6.07, 6.45) is 4.22. The molecule has 1 saturated heterocycles. The van der Waals surface area contributed by atoms with E-state index in [9.17, 15) is 9.70 Å². The number of amides is 1. The summed E-state index contributed by atoms with van der Waals surface area (Å²) in [5.41, 5.74) is 0.962. The van der Waals surface area contributed by atoms with E-state index in [2.05, 4.69) is 5.18 Å². The zero-order chi connectivity index (χ0) is 10.7. The molecule has 0 unspecified atom stereocenters. The van der Waals surface area contributed by atoms with Gasteiger partial charge in [-0.2, -0.15) is 0 Å². The third-order valence-electron chi connectivity index (χ3n) is 2.82. The molecule has 0 aromatic rings. The third-order valence-corrected chi connectivity index (χ3v) is 2.82. The van der Waals surface area contributed by atoms with Crippen LogP contribution in [0.1, 0.15) is 25.7 Å². The normalized spacial score (nSPS) is 23.9. The summed E-state index contributed by atoms with van der Waals surface area (Å²) < 4.78 is 11.0. The van der Waals surface area contributed by atoms with Crippen molar-refractivity contribution in [3.8, 4) is 0 Å². The summed E-state index contributed by atoms with van der Waals surface area (Å²) in [7, 11) is 0. The fourth-order valence-electron chi connectivity index (χ4n) is 2.00. The Morgan fingerprint density at radius 1 is 1.47 bits per heavy atom. The van der Waals surface area contributed by atoms with E-state index >= 15 is 0 Å². The average Bonchev–Trinajstić information content (AvgIpc) is 2.70. The van der Waals surface area contributed by atoms with Crippen LogP contribution in [0.25, 0.3) is 0 Å². The van der Waals surface area contributed by atoms with Gasteiger partial charge in [-0.1, -0.05) is 11.6 Å². The molecule has 1 amide bonds. The van der Waals surface area contributed by atoms with Crippen LogP contribution >= 0.6 is 0 Å². The molecule has 82 valence electrons. The molecule has 0 N–H and O–H groups in total. The first kappa shape index (κ1) is 10.4. The topological polar surface area (TPSA) is 65.0 Å². The van der Waals surface area contributed by atoms with E-state index in [1.54, 1.807) is 0 Å². The summed E-state index contributed by atoms with van der Waals surface area (Å²) in [5, 5.41) is 2.38. The van der Waals surface area contributed by atoms with Crippen molar-refractivity contribution in [3.05, 3.63) is 16.6 Å². The highest BCUT2D eigenvalue weighted by Crippen LogP contribution is 2.35. The van der Waals surface area contributed by atoms with E-state index in [-0.39, 0.29) is 6.42 Å². The molecule has 2 rings (SSSR count). The third kappa shape index (κ3) is 2.30. The Morgan fingerprint density at radius 3 is 2.73 bits per heavy atom. The Bertz CT molecular complexity index is 305. The van der Waals surface area contributed by atoms with Crippen LogP contribution in [0.2, 0.25) is 0 Å². The summed E-state index contributed by atoms with van der Waals surface area (Å²) in [5.74, 6) is -1.06. The van der Waals surface area contributed by atoms with Gasteiger partial charge in [0.1, 0.15) is 0 Å². The molecule has 15 heavy (non-hydrogen) atoms. The number of hydrogen-bond donors (Lipinski definition) is 0. The number of nitroso groups, excluding NO2 is 1. The Labute approximate surface area is 87.4 Å². The van der Waals surface area contributed by atoms with Crippen LogP contribution < -0.4 is 0 Å². The highest BCUT2D eigenvalue weighted by atomic mass is 16.7. The van der Waals surface area contributed by atoms with Crippen LogP contribution in [-0.4, -0.2) is 24.9 Å². The first-order valence-electron chi connectivity index (χ1n) is 5.06. The lowest BCUT2D eigenvalue weighted by Crippen LogP contribution is -2.31.